The van der Waals surface area contributed by atoms with Crippen molar-refractivity contribution in [3.05, 3.63) is 72.8 Å². The Bertz CT molecular complexity index is 1140. The first-order valence-electron chi connectivity index (χ1n) is 10.6. The van der Waals surface area contributed by atoms with E-state index in [1.165, 1.54) is 0 Å². The molecular formula is C26H28N6. The van der Waals surface area contributed by atoms with Gasteiger partial charge in [-0.1, -0.05) is 12.1 Å². The molecular weight excluding hydrogens is 396 g/mol. The SMILES string of the molecule is CNc1ccc(NC)c(-c2cccc(-c3cccc(-c4cc(NC)ccc4NC)n3)n2)c1. The summed E-state index contributed by atoms with van der Waals surface area (Å²) in [5, 5.41) is 12.9. The first-order chi connectivity index (χ1) is 15.7. The second-order valence-corrected chi connectivity index (χ2v) is 7.34. The molecule has 0 atom stereocenters. The van der Waals surface area contributed by atoms with Crippen molar-refractivity contribution in [2.75, 3.05) is 49.5 Å². The van der Waals surface area contributed by atoms with Gasteiger partial charge in [-0.3, -0.25) is 0 Å². The van der Waals surface area contributed by atoms with E-state index >= 15 is 0 Å². The molecule has 4 aromatic rings. The van der Waals surface area contributed by atoms with Crippen LogP contribution >= 0.6 is 0 Å². The molecule has 6 nitrogen and oxygen atoms in total. The van der Waals surface area contributed by atoms with Crippen molar-refractivity contribution in [1.29, 1.82) is 0 Å². The van der Waals surface area contributed by atoms with Crippen LogP contribution in [0.25, 0.3) is 33.9 Å². The highest BCUT2D eigenvalue weighted by Gasteiger charge is 2.12. The van der Waals surface area contributed by atoms with E-state index in [0.717, 1.165) is 56.7 Å². The highest BCUT2D eigenvalue weighted by molar-refractivity contribution is 5.81. The average Bonchev–Trinajstić information content (AvgIpc) is 2.88. The Morgan fingerprint density at radius 1 is 0.469 bits per heavy atom. The van der Waals surface area contributed by atoms with Gasteiger partial charge in [-0.05, 0) is 60.7 Å². The maximum absolute atomic E-state index is 4.95. The van der Waals surface area contributed by atoms with Gasteiger partial charge in [0, 0.05) is 62.1 Å². The van der Waals surface area contributed by atoms with Crippen molar-refractivity contribution >= 4 is 22.7 Å². The smallest absolute Gasteiger partial charge is 0.0893 e. The monoisotopic (exact) mass is 424 g/mol. The van der Waals surface area contributed by atoms with Gasteiger partial charge in [0.15, 0.2) is 0 Å². The number of anilines is 4. The summed E-state index contributed by atoms with van der Waals surface area (Å²) in [5.74, 6) is 0. The van der Waals surface area contributed by atoms with Crippen LogP contribution in [0.5, 0.6) is 0 Å². The topological polar surface area (TPSA) is 73.9 Å². The minimum absolute atomic E-state index is 0.831. The third kappa shape index (κ3) is 4.21. The molecule has 4 N–H and O–H groups in total. The van der Waals surface area contributed by atoms with Crippen LogP contribution in [0.15, 0.2) is 72.8 Å². The third-order valence-corrected chi connectivity index (χ3v) is 5.47. The van der Waals surface area contributed by atoms with Gasteiger partial charge < -0.3 is 21.3 Å². The van der Waals surface area contributed by atoms with Crippen LogP contribution in [0, 0.1) is 0 Å². The Labute approximate surface area is 189 Å². The molecule has 0 radical (unpaired) electrons. The minimum Gasteiger partial charge on any atom is -0.388 e. The summed E-state index contributed by atoms with van der Waals surface area (Å²) in [6.07, 6.45) is 0. The fraction of sp³-hybridized carbons (Fsp3) is 0.154. The lowest BCUT2D eigenvalue weighted by Gasteiger charge is -2.13. The van der Waals surface area contributed by atoms with Crippen LogP contribution in [0.1, 0.15) is 0 Å². The molecule has 162 valence electrons. The van der Waals surface area contributed by atoms with E-state index in [4.69, 9.17) is 9.97 Å². The van der Waals surface area contributed by atoms with Gasteiger partial charge in [-0.15, -0.1) is 0 Å². The lowest BCUT2D eigenvalue weighted by Crippen LogP contribution is -1.98. The fourth-order valence-electron chi connectivity index (χ4n) is 3.71. The predicted molar refractivity (Wildman–Crippen MR) is 137 cm³/mol. The van der Waals surface area contributed by atoms with Crippen molar-refractivity contribution in [2.45, 2.75) is 0 Å². The van der Waals surface area contributed by atoms with Crippen molar-refractivity contribution in [1.82, 2.24) is 9.97 Å². The molecule has 2 aromatic carbocycles. The van der Waals surface area contributed by atoms with Gasteiger partial charge >= 0.3 is 0 Å². The van der Waals surface area contributed by atoms with E-state index in [9.17, 15) is 0 Å². The van der Waals surface area contributed by atoms with Gasteiger partial charge in [0.05, 0.1) is 22.8 Å². The number of hydrogen-bond acceptors (Lipinski definition) is 6. The second kappa shape index (κ2) is 9.39. The van der Waals surface area contributed by atoms with E-state index in [1.807, 2.05) is 76.7 Å². The second-order valence-electron chi connectivity index (χ2n) is 7.34. The molecule has 0 aliphatic carbocycles. The molecule has 0 bridgehead atoms. The predicted octanol–water partition coefficient (Wildman–Crippen LogP) is 5.64. The van der Waals surface area contributed by atoms with Crippen LogP contribution in [0.2, 0.25) is 0 Å². The minimum atomic E-state index is 0.831. The van der Waals surface area contributed by atoms with E-state index in [0.29, 0.717) is 0 Å². The van der Waals surface area contributed by atoms with Crippen molar-refractivity contribution < 1.29 is 0 Å². The first kappa shape index (κ1) is 21.2. The zero-order valence-corrected chi connectivity index (χ0v) is 18.8. The maximum Gasteiger partial charge on any atom is 0.0893 e. The molecule has 32 heavy (non-hydrogen) atoms. The summed E-state index contributed by atoms with van der Waals surface area (Å²) < 4.78 is 0. The number of nitrogens with one attached hydrogen (secondary N) is 4. The maximum atomic E-state index is 4.95. The molecule has 0 amide bonds. The average molecular weight is 425 g/mol. The van der Waals surface area contributed by atoms with E-state index in [2.05, 4.69) is 45.5 Å². The quantitative estimate of drug-likeness (QED) is 0.307. The van der Waals surface area contributed by atoms with Crippen LogP contribution in [0.4, 0.5) is 22.7 Å². The molecule has 0 saturated heterocycles. The van der Waals surface area contributed by atoms with Crippen LogP contribution in [0.3, 0.4) is 0 Å². The summed E-state index contributed by atoms with van der Waals surface area (Å²) >= 11 is 0. The van der Waals surface area contributed by atoms with Crippen LogP contribution in [-0.2, 0) is 0 Å². The largest absolute Gasteiger partial charge is 0.388 e. The molecule has 2 heterocycles. The molecule has 0 fully saturated rings. The zero-order valence-electron chi connectivity index (χ0n) is 18.8. The van der Waals surface area contributed by atoms with Crippen molar-refractivity contribution in [3.63, 3.8) is 0 Å². The van der Waals surface area contributed by atoms with Gasteiger partial charge in [0.1, 0.15) is 0 Å². The zero-order chi connectivity index (χ0) is 22.5. The molecule has 0 spiro atoms. The van der Waals surface area contributed by atoms with E-state index < -0.39 is 0 Å². The lowest BCUT2D eigenvalue weighted by molar-refractivity contribution is 1.25. The number of benzene rings is 2. The number of pyridine rings is 2. The van der Waals surface area contributed by atoms with E-state index in [1.54, 1.807) is 0 Å². The Hall–Kier alpha value is -4.06. The van der Waals surface area contributed by atoms with Gasteiger partial charge in [-0.25, -0.2) is 9.97 Å². The Kier molecular flexibility index (Phi) is 6.22. The number of aromatic nitrogens is 2. The fourth-order valence-corrected chi connectivity index (χ4v) is 3.71. The summed E-state index contributed by atoms with van der Waals surface area (Å²) in [6.45, 7) is 0. The summed E-state index contributed by atoms with van der Waals surface area (Å²) in [4.78, 5) is 9.90. The first-order valence-corrected chi connectivity index (χ1v) is 10.6. The van der Waals surface area contributed by atoms with E-state index in [-0.39, 0.29) is 0 Å². The number of nitrogens with zero attached hydrogens (tertiary/aromatic N) is 2. The molecule has 0 aliphatic heterocycles. The Morgan fingerprint density at radius 2 is 0.875 bits per heavy atom. The standard InChI is InChI=1S/C26H28N6/c1-27-17-11-13-21(29-3)19(15-17)23-7-5-9-25(31-23)26-10-6-8-24(32-26)20-16-18(28-2)12-14-22(20)30-4/h5-16,27-30H,1-4H3. The summed E-state index contributed by atoms with van der Waals surface area (Å²) in [6, 6.07) is 24.5. The molecule has 2 aromatic heterocycles. The molecule has 0 aliphatic rings. The Morgan fingerprint density at radius 3 is 1.25 bits per heavy atom. The molecule has 4 rings (SSSR count). The van der Waals surface area contributed by atoms with Crippen molar-refractivity contribution in [3.8, 4) is 33.9 Å². The van der Waals surface area contributed by atoms with Gasteiger partial charge in [-0.2, -0.15) is 0 Å². The highest BCUT2D eigenvalue weighted by Crippen LogP contribution is 2.33. The highest BCUT2D eigenvalue weighted by atomic mass is 14.9. The third-order valence-electron chi connectivity index (χ3n) is 5.47. The summed E-state index contributed by atoms with van der Waals surface area (Å²) in [5.41, 5.74) is 9.65. The van der Waals surface area contributed by atoms with Gasteiger partial charge in [0.25, 0.3) is 0 Å². The van der Waals surface area contributed by atoms with Gasteiger partial charge in [0.2, 0.25) is 0 Å². The molecule has 6 heteroatoms. The molecule has 0 saturated carbocycles. The van der Waals surface area contributed by atoms with Crippen molar-refractivity contribution in [2.24, 2.45) is 0 Å². The summed E-state index contributed by atoms with van der Waals surface area (Å²) in [7, 11) is 7.68. The Balaban J connectivity index is 1.78. The lowest BCUT2D eigenvalue weighted by atomic mass is 10.1. The van der Waals surface area contributed by atoms with Crippen LogP contribution < -0.4 is 21.3 Å². The number of rotatable bonds is 7. The number of hydrogen-bond donors (Lipinski definition) is 4. The van der Waals surface area contributed by atoms with Crippen LogP contribution in [-0.4, -0.2) is 38.2 Å². The molecule has 0 unspecified atom stereocenters. The normalized spacial score (nSPS) is 10.5.